The van der Waals surface area contributed by atoms with E-state index in [9.17, 15) is 0 Å². The molecular formula is C12H14BrN3OS. The SMILES string of the molecule is COc1ccsc1C(Cc1ccc(Br)cn1)NN. The number of halogens is 1. The highest BCUT2D eigenvalue weighted by Gasteiger charge is 2.17. The average molecular weight is 328 g/mol. The van der Waals surface area contributed by atoms with Gasteiger partial charge in [0.2, 0.25) is 0 Å². The topological polar surface area (TPSA) is 60.2 Å². The molecule has 0 amide bonds. The van der Waals surface area contributed by atoms with E-state index in [1.54, 1.807) is 24.6 Å². The summed E-state index contributed by atoms with van der Waals surface area (Å²) in [6, 6.07) is 5.91. The van der Waals surface area contributed by atoms with E-state index in [0.29, 0.717) is 0 Å². The van der Waals surface area contributed by atoms with Crippen LogP contribution >= 0.6 is 27.3 Å². The Labute approximate surface area is 118 Å². The second-order valence-electron chi connectivity index (χ2n) is 3.74. The lowest BCUT2D eigenvalue weighted by molar-refractivity contribution is 0.403. The van der Waals surface area contributed by atoms with Crippen LogP contribution in [0.1, 0.15) is 16.6 Å². The van der Waals surface area contributed by atoms with Crippen molar-refractivity contribution in [1.29, 1.82) is 0 Å². The zero-order valence-corrected chi connectivity index (χ0v) is 12.3. The number of thiophene rings is 1. The fourth-order valence-corrected chi connectivity index (χ4v) is 2.85. The smallest absolute Gasteiger partial charge is 0.134 e. The van der Waals surface area contributed by atoms with Crippen LogP contribution in [0.3, 0.4) is 0 Å². The molecule has 4 nitrogen and oxygen atoms in total. The first-order chi connectivity index (χ1) is 8.74. The lowest BCUT2D eigenvalue weighted by Gasteiger charge is -2.15. The maximum absolute atomic E-state index is 5.63. The highest BCUT2D eigenvalue weighted by atomic mass is 79.9. The molecule has 0 aliphatic carbocycles. The average Bonchev–Trinajstić information content (AvgIpc) is 2.86. The number of methoxy groups -OCH3 is 1. The molecule has 2 aromatic rings. The van der Waals surface area contributed by atoms with Crippen LogP contribution in [0.15, 0.2) is 34.2 Å². The van der Waals surface area contributed by atoms with Gasteiger partial charge in [0, 0.05) is 22.8 Å². The Hall–Kier alpha value is -0.950. The van der Waals surface area contributed by atoms with Crippen molar-refractivity contribution in [1.82, 2.24) is 10.4 Å². The van der Waals surface area contributed by atoms with Gasteiger partial charge in [-0.3, -0.25) is 16.3 Å². The molecule has 2 aromatic heterocycles. The zero-order valence-electron chi connectivity index (χ0n) is 9.89. The molecule has 96 valence electrons. The van der Waals surface area contributed by atoms with Gasteiger partial charge in [0.05, 0.1) is 18.0 Å². The molecule has 0 aromatic carbocycles. The maximum atomic E-state index is 5.63. The summed E-state index contributed by atoms with van der Waals surface area (Å²) in [6.45, 7) is 0. The van der Waals surface area contributed by atoms with E-state index < -0.39 is 0 Å². The van der Waals surface area contributed by atoms with Crippen molar-refractivity contribution in [2.75, 3.05) is 7.11 Å². The lowest BCUT2D eigenvalue weighted by Crippen LogP contribution is -2.29. The molecule has 0 aliphatic rings. The summed E-state index contributed by atoms with van der Waals surface area (Å²) < 4.78 is 6.28. The largest absolute Gasteiger partial charge is 0.496 e. The van der Waals surface area contributed by atoms with Gasteiger partial charge >= 0.3 is 0 Å². The van der Waals surface area contributed by atoms with Crippen molar-refractivity contribution in [3.63, 3.8) is 0 Å². The van der Waals surface area contributed by atoms with E-state index in [-0.39, 0.29) is 6.04 Å². The van der Waals surface area contributed by atoms with Gasteiger partial charge in [-0.1, -0.05) is 0 Å². The van der Waals surface area contributed by atoms with Crippen LogP contribution in [0.2, 0.25) is 0 Å². The number of pyridine rings is 1. The predicted molar refractivity (Wildman–Crippen MR) is 76.6 cm³/mol. The minimum absolute atomic E-state index is 0.00799. The summed E-state index contributed by atoms with van der Waals surface area (Å²) in [7, 11) is 1.66. The molecule has 0 fully saturated rings. The predicted octanol–water partition coefficient (Wildman–Crippen LogP) is 2.66. The van der Waals surface area contributed by atoms with E-state index >= 15 is 0 Å². The third-order valence-electron chi connectivity index (χ3n) is 2.60. The van der Waals surface area contributed by atoms with Gasteiger partial charge < -0.3 is 4.74 Å². The lowest BCUT2D eigenvalue weighted by atomic mass is 10.1. The summed E-state index contributed by atoms with van der Waals surface area (Å²) >= 11 is 4.99. The van der Waals surface area contributed by atoms with E-state index in [1.807, 2.05) is 23.6 Å². The molecule has 0 spiro atoms. The number of hydrazine groups is 1. The number of nitrogens with zero attached hydrogens (tertiary/aromatic N) is 1. The molecular weight excluding hydrogens is 314 g/mol. The van der Waals surface area contributed by atoms with Crippen molar-refractivity contribution in [3.8, 4) is 5.75 Å². The van der Waals surface area contributed by atoms with E-state index in [4.69, 9.17) is 10.6 Å². The standard InChI is InChI=1S/C12H14BrN3OS/c1-17-11-4-5-18-12(11)10(16-14)6-9-3-2-8(13)7-15-9/h2-5,7,10,16H,6,14H2,1H3. The molecule has 0 radical (unpaired) electrons. The van der Waals surface area contributed by atoms with Crippen molar-refractivity contribution in [2.24, 2.45) is 5.84 Å². The second kappa shape index (κ2) is 6.29. The van der Waals surface area contributed by atoms with Gasteiger partial charge in [0.15, 0.2) is 0 Å². The number of nitrogens with one attached hydrogen (secondary N) is 1. The molecule has 6 heteroatoms. The molecule has 1 atom stereocenters. The van der Waals surface area contributed by atoms with Crippen LogP contribution in [0, 0.1) is 0 Å². The van der Waals surface area contributed by atoms with Gasteiger partial charge in [-0.2, -0.15) is 0 Å². The Kier molecular flexibility index (Phi) is 4.71. The van der Waals surface area contributed by atoms with Gasteiger partial charge in [0.25, 0.3) is 0 Å². The van der Waals surface area contributed by atoms with Crippen LogP contribution in [0.4, 0.5) is 0 Å². The Morgan fingerprint density at radius 1 is 1.50 bits per heavy atom. The summed E-state index contributed by atoms with van der Waals surface area (Å²) in [5.74, 6) is 6.49. The van der Waals surface area contributed by atoms with E-state index in [0.717, 1.165) is 27.2 Å². The fourth-order valence-electron chi connectivity index (χ4n) is 1.70. The first kappa shape index (κ1) is 13.5. The minimum Gasteiger partial charge on any atom is -0.496 e. The highest BCUT2D eigenvalue weighted by Crippen LogP contribution is 2.32. The van der Waals surface area contributed by atoms with Crippen molar-refractivity contribution < 1.29 is 4.74 Å². The van der Waals surface area contributed by atoms with E-state index in [2.05, 4.69) is 26.3 Å². The summed E-state index contributed by atoms with van der Waals surface area (Å²) in [6.07, 6.45) is 2.51. The number of ether oxygens (including phenoxy) is 1. The van der Waals surface area contributed by atoms with Gasteiger partial charge in [-0.25, -0.2) is 0 Å². The third-order valence-corrected chi connectivity index (χ3v) is 4.08. The molecule has 1 unspecified atom stereocenters. The number of hydrogen-bond donors (Lipinski definition) is 2. The Morgan fingerprint density at radius 2 is 2.33 bits per heavy atom. The molecule has 0 saturated carbocycles. The first-order valence-corrected chi connectivity index (χ1v) is 7.09. The van der Waals surface area contributed by atoms with Crippen LogP contribution in [0.5, 0.6) is 5.75 Å². The molecule has 3 N–H and O–H groups in total. The van der Waals surface area contributed by atoms with Crippen LogP contribution < -0.4 is 16.0 Å². The minimum atomic E-state index is 0.00799. The van der Waals surface area contributed by atoms with Gasteiger partial charge in [-0.05, 0) is 39.5 Å². The fraction of sp³-hybridized carbons (Fsp3) is 0.250. The van der Waals surface area contributed by atoms with Crippen molar-refractivity contribution in [3.05, 3.63) is 44.8 Å². The molecule has 0 aliphatic heterocycles. The van der Waals surface area contributed by atoms with Crippen LogP contribution in [0.25, 0.3) is 0 Å². The zero-order chi connectivity index (χ0) is 13.0. The first-order valence-electron chi connectivity index (χ1n) is 5.42. The summed E-state index contributed by atoms with van der Waals surface area (Å²) in [5.41, 5.74) is 3.80. The number of hydrogen-bond acceptors (Lipinski definition) is 5. The Morgan fingerprint density at radius 3 is 2.94 bits per heavy atom. The number of rotatable bonds is 5. The Balaban J connectivity index is 2.17. The van der Waals surface area contributed by atoms with Crippen molar-refractivity contribution in [2.45, 2.75) is 12.5 Å². The van der Waals surface area contributed by atoms with Crippen LogP contribution in [-0.2, 0) is 6.42 Å². The summed E-state index contributed by atoms with van der Waals surface area (Å²) in [5, 5.41) is 1.99. The quantitative estimate of drug-likeness (QED) is 0.654. The molecule has 2 rings (SSSR count). The normalized spacial score (nSPS) is 12.4. The van der Waals surface area contributed by atoms with E-state index in [1.165, 1.54) is 0 Å². The number of nitrogens with two attached hydrogens (primary N) is 1. The van der Waals surface area contributed by atoms with Gasteiger partial charge in [-0.15, -0.1) is 11.3 Å². The molecule has 0 saturated heterocycles. The van der Waals surface area contributed by atoms with Crippen molar-refractivity contribution >= 4 is 27.3 Å². The summed E-state index contributed by atoms with van der Waals surface area (Å²) in [4.78, 5) is 5.44. The second-order valence-corrected chi connectivity index (χ2v) is 5.61. The molecule has 18 heavy (non-hydrogen) atoms. The maximum Gasteiger partial charge on any atom is 0.134 e. The van der Waals surface area contributed by atoms with Gasteiger partial charge in [0.1, 0.15) is 5.75 Å². The molecule has 2 heterocycles. The third kappa shape index (κ3) is 3.08. The Bertz CT molecular complexity index is 500. The highest BCUT2D eigenvalue weighted by molar-refractivity contribution is 9.10. The monoisotopic (exact) mass is 327 g/mol. The number of aromatic nitrogens is 1. The molecule has 0 bridgehead atoms. The van der Waals surface area contributed by atoms with Crippen LogP contribution in [-0.4, -0.2) is 12.1 Å².